The minimum Gasteiger partial charge on any atom is -0.454 e. The van der Waals surface area contributed by atoms with E-state index < -0.39 is 15.8 Å². The first-order valence-corrected chi connectivity index (χ1v) is 11.0. The van der Waals surface area contributed by atoms with Crippen LogP contribution in [-0.2, 0) is 23.1 Å². The van der Waals surface area contributed by atoms with Gasteiger partial charge in [0.2, 0.25) is 10.0 Å². The molecule has 0 amide bonds. The predicted molar refractivity (Wildman–Crippen MR) is 115 cm³/mol. The lowest BCUT2D eigenvalue weighted by molar-refractivity contribution is 0.467. The molecule has 0 aliphatic rings. The van der Waals surface area contributed by atoms with Gasteiger partial charge in [0.1, 0.15) is 16.5 Å². The van der Waals surface area contributed by atoms with E-state index in [0.717, 1.165) is 17.7 Å². The average molecular weight is 430 g/mol. The normalized spacial score (nSPS) is 11.3. The summed E-state index contributed by atoms with van der Waals surface area (Å²) < 4.78 is 43.8. The first-order valence-electron chi connectivity index (χ1n) is 9.48. The fourth-order valence-corrected chi connectivity index (χ4v) is 3.62. The van der Waals surface area contributed by atoms with Crippen LogP contribution in [0.3, 0.4) is 0 Å². The largest absolute Gasteiger partial charge is 0.454 e. The van der Waals surface area contributed by atoms with Crippen LogP contribution < -0.4 is 20.5 Å². The quantitative estimate of drug-likeness (QED) is 0.478. The lowest BCUT2D eigenvalue weighted by Gasteiger charge is -2.18. The minimum absolute atomic E-state index is 0.0697. The second-order valence-corrected chi connectivity index (χ2v) is 8.22. The van der Waals surface area contributed by atoms with Gasteiger partial charge in [-0.15, -0.1) is 0 Å². The van der Waals surface area contributed by atoms with Gasteiger partial charge >= 0.3 is 0 Å². The molecule has 0 aliphatic carbocycles. The van der Waals surface area contributed by atoms with Gasteiger partial charge in [0.05, 0.1) is 5.69 Å². The smallest absolute Gasteiger partial charge is 0.241 e. The molecule has 8 heteroatoms. The van der Waals surface area contributed by atoms with E-state index in [0.29, 0.717) is 24.5 Å². The van der Waals surface area contributed by atoms with Gasteiger partial charge in [0.15, 0.2) is 5.75 Å². The Morgan fingerprint density at radius 2 is 1.67 bits per heavy atom. The van der Waals surface area contributed by atoms with Crippen molar-refractivity contribution in [2.75, 3.05) is 11.9 Å². The summed E-state index contributed by atoms with van der Waals surface area (Å²) in [6.07, 6.45) is 0. The summed E-state index contributed by atoms with van der Waals surface area (Å²) >= 11 is 0. The van der Waals surface area contributed by atoms with Crippen molar-refractivity contribution in [1.82, 2.24) is 5.32 Å². The second kappa shape index (κ2) is 9.71. The molecule has 158 valence electrons. The van der Waals surface area contributed by atoms with Crippen molar-refractivity contribution >= 4 is 15.7 Å². The van der Waals surface area contributed by atoms with Crippen LogP contribution >= 0.6 is 0 Å². The minimum atomic E-state index is -4.08. The van der Waals surface area contributed by atoms with Crippen LogP contribution in [0.15, 0.2) is 71.6 Å². The fourth-order valence-electron chi connectivity index (χ4n) is 2.89. The van der Waals surface area contributed by atoms with Crippen molar-refractivity contribution in [3.8, 4) is 11.5 Å². The third-order valence-electron chi connectivity index (χ3n) is 4.36. The van der Waals surface area contributed by atoms with E-state index in [4.69, 9.17) is 9.88 Å². The Labute approximate surface area is 175 Å². The summed E-state index contributed by atoms with van der Waals surface area (Å²) in [5, 5.41) is 11.9. The third kappa shape index (κ3) is 5.79. The number of sulfonamides is 1. The molecular weight excluding hydrogens is 405 g/mol. The topological polar surface area (TPSA) is 93.4 Å². The molecule has 0 heterocycles. The van der Waals surface area contributed by atoms with Crippen molar-refractivity contribution in [2.24, 2.45) is 5.14 Å². The van der Waals surface area contributed by atoms with Gasteiger partial charge in [0, 0.05) is 13.1 Å². The maximum Gasteiger partial charge on any atom is 0.241 e. The average Bonchev–Trinajstić information content (AvgIpc) is 2.73. The Morgan fingerprint density at radius 3 is 2.30 bits per heavy atom. The number of ether oxygens (including phenoxy) is 1. The SMILES string of the molecule is CCNCc1cc(NCc2ccccc2)c(Oc2ccc(F)cc2)c(S(N)(=O)=O)c1. The summed E-state index contributed by atoms with van der Waals surface area (Å²) in [4.78, 5) is -0.141. The molecule has 0 atom stereocenters. The summed E-state index contributed by atoms with van der Waals surface area (Å²) in [6.45, 7) is 3.61. The first-order chi connectivity index (χ1) is 14.4. The van der Waals surface area contributed by atoms with Crippen LogP contribution in [0.25, 0.3) is 0 Å². The molecule has 0 saturated carbocycles. The van der Waals surface area contributed by atoms with Crippen molar-refractivity contribution in [2.45, 2.75) is 24.9 Å². The number of halogens is 1. The molecule has 3 rings (SSSR count). The van der Waals surface area contributed by atoms with E-state index in [9.17, 15) is 12.8 Å². The molecule has 3 aromatic rings. The molecule has 0 fully saturated rings. The first kappa shape index (κ1) is 21.8. The number of hydrogen-bond donors (Lipinski definition) is 3. The maximum atomic E-state index is 13.3. The fraction of sp³-hybridized carbons (Fsp3) is 0.182. The monoisotopic (exact) mass is 429 g/mol. The third-order valence-corrected chi connectivity index (χ3v) is 5.28. The number of rotatable bonds is 9. The van der Waals surface area contributed by atoms with E-state index in [2.05, 4.69) is 10.6 Å². The summed E-state index contributed by atoms with van der Waals surface area (Å²) in [6, 6.07) is 18.3. The molecule has 0 spiro atoms. The van der Waals surface area contributed by atoms with Crippen molar-refractivity contribution < 1.29 is 17.5 Å². The number of anilines is 1. The molecule has 0 radical (unpaired) electrons. The molecule has 4 N–H and O–H groups in total. The zero-order valence-corrected chi connectivity index (χ0v) is 17.4. The van der Waals surface area contributed by atoms with Crippen molar-refractivity contribution in [3.63, 3.8) is 0 Å². The van der Waals surface area contributed by atoms with E-state index in [1.807, 2.05) is 43.3 Å². The Kier molecular flexibility index (Phi) is 7.04. The standard InChI is InChI=1S/C22H24FN3O3S/c1-2-25-14-17-12-20(26-15-16-6-4-3-5-7-16)22(21(13-17)30(24,27)28)29-19-10-8-18(23)9-11-19/h3-13,25-26H,2,14-15H2,1H3,(H2,24,27,28). The van der Waals surface area contributed by atoms with Crippen LogP contribution in [0.4, 0.5) is 10.1 Å². The second-order valence-electron chi connectivity index (χ2n) is 6.69. The van der Waals surface area contributed by atoms with Gasteiger partial charge in [-0.25, -0.2) is 17.9 Å². The summed E-state index contributed by atoms with van der Waals surface area (Å²) in [5.41, 5.74) is 2.23. The number of nitrogens with one attached hydrogen (secondary N) is 2. The Balaban J connectivity index is 2.05. The number of benzene rings is 3. The zero-order valence-electron chi connectivity index (χ0n) is 16.6. The number of nitrogens with two attached hydrogens (primary N) is 1. The number of primary sulfonamides is 1. The zero-order chi connectivity index (χ0) is 21.6. The van der Waals surface area contributed by atoms with Crippen LogP contribution in [0.1, 0.15) is 18.1 Å². The highest BCUT2D eigenvalue weighted by molar-refractivity contribution is 7.89. The van der Waals surface area contributed by atoms with Gasteiger partial charge in [-0.3, -0.25) is 0 Å². The molecule has 0 saturated heterocycles. The van der Waals surface area contributed by atoms with Crippen molar-refractivity contribution in [3.05, 3.63) is 83.7 Å². The van der Waals surface area contributed by atoms with Crippen LogP contribution in [-0.4, -0.2) is 15.0 Å². The summed E-state index contributed by atoms with van der Waals surface area (Å²) in [7, 11) is -4.08. The van der Waals surface area contributed by atoms with Gasteiger partial charge < -0.3 is 15.4 Å². The summed E-state index contributed by atoms with van der Waals surface area (Å²) in [5.74, 6) is -0.0544. The molecule has 30 heavy (non-hydrogen) atoms. The maximum absolute atomic E-state index is 13.3. The van der Waals surface area contributed by atoms with E-state index >= 15 is 0 Å². The Hall–Kier alpha value is -2.94. The molecule has 0 aromatic heterocycles. The van der Waals surface area contributed by atoms with Gasteiger partial charge in [-0.1, -0.05) is 37.3 Å². The van der Waals surface area contributed by atoms with E-state index in [1.165, 1.54) is 30.3 Å². The Morgan fingerprint density at radius 1 is 0.967 bits per heavy atom. The molecule has 0 aliphatic heterocycles. The molecular formula is C22H24FN3O3S. The van der Waals surface area contributed by atoms with E-state index in [-0.39, 0.29) is 10.6 Å². The van der Waals surface area contributed by atoms with E-state index in [1.54, 1.807) is 0 Å². The molecule has 3 aromatic carbocycles. The lowest BCUT2D eigenvalue weighted by Crippen LogP contribution is -2.17. The van der Waals surface area contributed by atoms with Gasteiger partial charge in [0.25, 0.3) is 0 Å². The van der Waals surface area contributed by atoms with Crippen molar-refractivity contribution in [1.29, 1.82) is 0 Å². The molecule has 6 nitrogen and oxygen atoms in total. The highest BCUT2D eigenvalue weighted by Gasteiger charge is 2.21. The molecule has 0 bridgehead atoms. The van der Waals surface area contributed by atoms with Gasteiger partial charge in [-0.05, 0) is 54.1 Å². The highest BCUT2D eigenvalue weighted by atomic mass is 32.2. The predicted octanol–water partition coefficient (Wildman–Crippen LogP) is 3.99. The number of hydrogen-bond acceptors (Lipinski definition) is 5. The lowest BCUT2D eigenvalue weighted by atomic mass is 10.1. The molecule has 0 unspecified atom stereocenters. The van der Waals surface area contributed by atoms with Crippen LogP contribution in [0.2, 0.25) is 0 Å². The highest BCUT2D eigenvalue weighted by Crippen LogP contribution is 2.37. The van der Waals surface area contributed by atoms with Crippen LogP contribution in [0.5, 0.6) is 11.5 Å². The van der Waals surface area contributed by atoms with Gasteiger partial charge in [-0.2, -0.15) is 0 Å². The Bertz CT molecular complexity index is 1090. The van der Waals surface area contributed by atoms with Crippen LogP contribution in [0, 0.1) is 5.82 Å².